The second-order valence-corrected chi connectivity index (χ2v) is 6.78. The maximum absolute atomic E-state index is 12.3. The normalized spacial score (nSPS) is 15.6. The third kappa shape index (κ3) is 3.72. The SMILES string of the molecule is COc1ccc(C[C@@H]2c3cc(OC)c(OC)cc3CCN2C(C)=O)cc1OC. The molecule has 0 N–H and O–H groups in total. The Bertz CT molecular complexity index is 864. The van der Waals surface area contributed by atoms with Gasteiger partial charge in [0.25, 0.3) is 0 Å². The second-order valence-electron chi connectivity index (χ2n) is 6.78. The minimum atomic E-state index is -0.0841. The molecule has 1 amide bonds. The molecule has 0 unspecified atom stereocenters. The van der Waals surface area contributed by atoms with Gasteiger partial charge in [-0.3, -0.25) is 4.79 Å². The summed E-state index contributed by atoms with van der Waals surface area (Å²) in [6.07, 6.45) is 1.46. The quantitative estimate of drug-likeness (QED) is 0.763. The van der Waals surface area contributed by atoms with Crippen molar-refractivity contribution in [2.24, 2.45) is 0 Å². The number of ether oxygens (including phenoxy) is 4. The zero-order valence-electron chi connectivity index (χ0n) is 17.1. The van der Waals surface area contributed by atoms with Gasteiger partial charge in [-0.25, -0.2) is 0 Å². The van der Waals surface area contributed by atoms with Crippen molar-refractivity contribution in [2.45, 2.75) is 25.8 Å². The summed E-state index contributed by atoms with van der Waals surface area (Å²) < 4.78 is 21.7. The van der Waals surface area contributed by atoms with Gasteiger partial charge in [0.15, 0.2) is 23.0 Å². The average molecular weight is 385 g/mol. The Hall–Kier alpha value is -2.89. The third-order valence-electron chi connectivity index (χ3n) is 5.28. The Morgan fingerprint density at radius 2 is 1.54 bits per heavy atom. The monoisotopic (exact) mass is 385 g/mol. The lowest BCUT2D eigenvalue weighted by molar-refractivity contribution is -0.131. The molecule has 3 rings (SSSR count). The van der Waals surface area contributed by atoms with E-state index in [9.17, 15) is 4.79 Å². The zero-order valence-corrected chi connectivity index (χ0v) is 17.1. The number of rotatable bonds is 6. The largest absolute Gasteiger partial charge is 0.493 e. The number of benzene rings is 2. The molecule has 0 saturated carbocycles. The maximum atomic E-state index is 12.3. The first-order valence-electron chi connectivity index (χ1n) is 9.25. The van der Waals surface area contributed by atoms with Crippen LogP contribution in [-0.2, 0) is 17.6 Å². The van der Waals surface area contributed by atoms with Gasteiger partial charge in [-0.05, 0) is 53.8 Å². The summed E-state index contributed by atoms with van der Waals surface area (Å²) >= 11 is 0. The van der Waals surface area contributed by atoms with Crippen LogP contribution in [-0.4, -0.2) is 45.8 Å². The first-order valence-corrected chi connectivity index (χ1v) is 9.25. The minimum absolute atomic E-state index is 0.0610. The van der Waals surface area contributed by atoms with Gasteiger partial charge in [-0.15, -0.1) is 0 Å². The van der Waals surface area contributed by atoms with Gasteiger partial charge in [0, 0.05) is 13.5 Å². The number of carbonyl (C=O) groups is 1. The summed E-state index contributed by atoms with van der Waals surface area (Å²) in [6.45, 7) is 2.29. The molecule has 0 radical (unpaired) electrons. The molecule has 1 atom stereocenters. The molecule has 0 saturated heterocycles. The standard InChI is InChI=1S/C22H27NO5/c1-14(24)23-9-8-16-12-21(27-4)22(28-5)13-17(16)18(23)10-15-6-7-19(25-2)20(11-15)26-3/h6-7,11-13,18H,8-10H2,1-5H3/t18-/m1/s1. The van der Waals surface area contributed by atoms with E-state index < -0.39 is 0 Å². The fraction of sp³-hybridized carbons (Fsp3) is 0.409. The summed E-state index contributed by atoms with van der Waals surface area (Å²) in [7, 11) is 6.50. The molecule has 0 aliphatic carbocycles. The highest BCUT2D eigenvalue weighted by Crippen LogP contribution is 2.40. The maximum Gasteiger partial charge on any atom is 0.219 e. The van der Waals surface area contributed by atoms with E-state index in [-0.39, 0.29) is 11.9 Å². The Kier molecular flexibility index (Phi) is 5.97. The van der Waals surface area contributed by atoms with E-state index in [1.54, 1.807) is 35.4 Å². The predicted octanol–water partition coefficient (Wildman–Crippen LogP) is 3.41. The van der Waals surface area contributed by atoms with Crippen molar-refractivity contribution in [1.82, 2.24) is 4.90 Å². The molecule has 6 heteroatoms. The van der Waals surface area contributed by atoms with E-state index in [1.165, 1.54) is 5.56 Å². The van der Waals surface area contributed by atoms with E-state index in [0.29, 0.717) is 36.0 Å². The number of hydrogen-bond donors (Lipinski definition) is 0. The molecule has 1 aliphatic heterocycles. The lowest BCUT2D eigenvalue weighted by atomic mass is 9.88. The Labute approximate surface area is 166 Å². The summed E-state index contributed by atoms with van der Waals surface area (Å²) in [6, 6.07) is 9.80. The first kappa shape index (κ1) is 19.9. The molecule has 6 nitrogen and oxygen atoms in total. The van der Waals surface area contributed by atoms with E-state index in [1.807, 2.05) is 35.2 Å². The van der Waals surface area contributed by atoms with E-state index >= 15 is 0 Å². The molecule has 28 heavy (non-hydrogen) atoms. The molecule has 1 heterocycles. The summed E-state index contributed by atoms with van der Waals surface area (Å²) in [5.41, 5.74) is 3.34. The van der Waals surface area contributed by atoms with Crippen LogP contribution in [0.3, 0.4) is 0 Å². The minimum Gasteiger partial charge on any atom is -0.493 e. The van der Waals surface area contributed by atoms with Crippen LogP contribution in [0.25, 0.3) is 0 Å². The molecule has 1 aliphatic rings. The van der Waals surface area contributed by atoms with E-state index in [0.717, 1.165) is 17.5 Å². The van der Waals surface area contributed by atoms with Crippen LogP contribution in [0.5, 0.6) is 23.0 Å². The summed E-state index contributed by atoms with van der Waals surface area (Å²) in [4.78, 5) is 14.3. The van der Waals surface area contributed by atoms with Gasteiger partial charge in [-0.2, -0.15) is 0 Å². The van der Waals surface area contributed by atoms with Gasteiger partial charge in [0.05, 0.1) is 34.5 Å². The molecule has 0 spiro atoms. The lowest BCUT2D eigenvalue weighted by Gasteiger charge is -2.37. The topological polar surface area (TPSA) is 57.2 Å². The number of fused-ring (bicyclic) bond motifs is 1. The number of nitrogens with zero attached hydrogens (tertiary/aromatic N) is 1. The van der Waals surface area contributed by atoms with Crippen LogP contribution >= 0.6 is 0 Å². The highest BCUT2D eigenvalue weighted by atomic mass is 16.5. The molecule has 2 aromatic rings. The molecule has 0 bridgehead atoms. The number of hydrogen-bond acceptors (Lipinski definition) is 5. The van der Waals surface area contributed by atoms with Crippen LogP contribution in [0.15, 0.2) is 30.3 Å². The van der Waals surface area contributed by atoms with E-state index in [4.69, 9.17) is 18.9 Å². The van der Waals surface area contributed by atoms with Crippen LogP contribution in [0.1, 0.15) is 29.7 Å². The van der Waals surface area contributed by atoms with Crippen molar-refractivity contribution in [3.63, 3.8) is 0 Å². The van der Waals surface area contributed by atoms with Crippen molar-refractivity contribution < 1.29 is 23.7 Å². The van der Waals surface area contributed by atoms with E-state index in [2.05, 4.69) is 0 Å². The number of amides is 1. The fourth-order valence-corrected chi connectivity index (χ4v) is 3.86. The van der Waals surface area contributed by atoms with Gasteiger partial charge in [-0.1, -0.05) is 6.07 Å². The van der Waals surface area contributed by atoms with Gasteiger partial charge in [0.1, 0.15) is 0 Å². The van der Waals surface area contributed by atoms with Crippen molar-refractivity contribution in [2.75, 3.05) is 35.0 Å². The molecule has 150 valence electrons. The highest BCUT2D eigenvalue weighted by molar-refractivity contribution is 5.74. The molecule has 0 aromatic heterocycles. The van der Waals surface area contributed by atoms with Crippen molar-refractivity contribution in [1.29, 1.82) is 0 Å². The first-order chi connectivity index (χ1) is 13.5. The second kappa shape index (κ2) is 8.42. The average Bonchev–Trinajstić information content (AvgIpc) is 2.72. The molecular weight excluding hydrogens is 358 g/mol. The van der Waals surface area contributed by atoms with Crippen molar-refractivity contribution in [3.8, 4) is 23.0 Å². The number of methoxy groups -OCH3 is 4. The molecule has 2 aromatic carbocycles. The number of carbonyl (C=O) groups excluding carboxylic acids is 1. The lowest BCUT2D eigenvalue weighted by Crippen LogP contribution is -2.39. The molecule has 0 fully saturated rings. The predicted molar refractivity (Wildman–Crippen MR) is 107 cm³/mol. The van der Waals surface area contributed by atoms with Crippen LogP contribution in [0, 0.1) is 0 Å². The van der Waals surface area contributed by atoms with Crippen molar-refractivity contribution in [3.05, 3.63) is 47.0 Å². The van der Waals surface area contributed by atoms with Gasteiger partial charge < -0.3 is 23.8 Å². The van der Waals surface area contributed by atoms with Gasteiger partial charge >= 0.3 is 0 Å². The zero-order chi connectivity index (χ0) is 20.3. The smallest absolute Gasteiger partial charge is 0.219 e. The highest BCUT2D eigenvalue weighted by Gasteiger charge is 2.31. The van der Waals surface area contributed by atoms with Crippen LogP contribution in [0.4, 0.5) is 0 Å². The third-order valence-corrected chi connectivity index (χ3v) is 5.28. The van der Waals surface area contributed by atoms with Crippen LogP contribution in [0.2, 0.25) is 0 Å². The van der Waals surface area contributed by atoms with Crippen molar-refractivity contribution >= 4 is 5.91 Å². The Morgan fingerprint density at radius 1 is 0.929 bits per heavy atom. The van der Waals surface area contributed by atoms with Gasteiger partial charge in [0.2, 0.25) is 5.91 Å². The summed E-state index contributed by atoms with van der Waals surface area (Å²) in [5.74, 6) is 2.81. The molecular formula is C22H27NO5. The summed E-state index contributed by atoms with van der Waals surface area (Å²) in [5, 5.41) is 0. The Balaban J connectivity index is 2.03. The Morgan fingerprint density at radius 3 is 2.14 bits per heavy atom. The van der Waals surface area contributed by atoms with Crippen LogP contribution < -0.4 is 18.9 Å². The fourth-order valence-electron chi connectivity index (χ4n) is 3.86.